The molecule has 17 heavy (non-hydrogen) atoms. The molecule has 5 nitrogen and oxygen atoms in total. The Bertz CT molecular complexity index is 454. The van der Waals surface area contributed by atoms with Gasteiger partial charge in [-0.3, -0.25) is 14.4 Å². The van der Waals surface area contributed by atoms with E-state index in [1.165, 1.54) is 6.92 Å². The highest BCUT2D eigenvalue weighted by Gasteiger charge is 2.06. The molecule has 0 atom stereocenters. The number of carboxylic acid groups (broad SMARTS) is 1. The lowest BCUT2D eigenvalue weighted by atomic mass is 10.1. The first kappa shape index (κ1) is 12.9. The zero-order valence-corrected chi connectivity index (χ0v) is 9.40. The first-order valence-electron chi connectivity index (χ1n) is 5.11. The molecule has 0 radical (unpaired) electrons. The standard InChI is InChI=1S/C12H13NO4/c1-8(14)9-3-2-4-10(7-9)13-11(15)5-6-12(16)17/h2-4,7H,5-6H2,1H3,(H,13,15)(H,16,17). The summed E-state index contributed by atoms with van der Waals surface area (Å²) >= 11 is 0. The van der Waals surface area contributed by atoms with Gasteiger partial charge in [0.15, 0.2) is 5.78 Å². The van der Waals surface area contributed by atoms with Crippen LogP contribution in [0.25, 0.3) is 0 Å². The molecule has 0 aliphatic carbocycles. The quantitative estimate of drug-likeness (QED) is 0.761. The number of anilines is 1. The smallest absolute Gasteiger partial charge is 0.303 e. The minimum absolute atomic E-state index is 0.0837. The van der Waals surface area contributed by atoms with E-state index in [2.05, 4.69) is 5.32 Å². The summed E-state index contributed by atoms with van der Waals surface area (Å²) < 4.78 is 0. The van der Waals surface area contributed by atoms with Crippen LogP contribution in [0.4, 0.5) is 5.69 Å². The van der Waals surface area contributed by atoms with E-state index in [4.69, 9.17) is 5.11 Å². The largest absolute Gasteiger partial charge is 0.481 e. The molecule has 1 rings (SSSR count). The Balaban J connectivity index is 2.62. The van der Waals surface area contributed by atoms with Crippen LogP contribution in [0.5, 0.6) is 0 Å². The molecular weight excluding hydrogens is 222 g/mol. The van der Waals surface area contributed by atoms with Gasteiger partial charge in [0.05, 0.1) is 6.42 Å². The Hall–Kier alpha value is -2.17. The lowest BCUT2D eigenvalue weighted by molar-refractivity contribution is -0.138. The molecule has 0 aliphatic rings. The Morgan fingerprint density at radius 1 is 1.24 bits per heavy atom. The third-order valence-electron chi connectivity index (χ3n) is 2.12. The molecule has 0 bridgehead atoms. The molecule has 1 amide bonds. The Morgan fingerprint density at radius 3 is 2.53 bits per heavy atom. The molecule has 0 aromatic heterocycles. The number of rotatable bonds is 5. The molecule has 90 valence electrons. The van der Waals surface area contributed by atoms with Gasteiger partial charge in [-0.15, -0.1) is 0 Å². The average molecular weight is 235 g/mol. The third-order valence-corrected chi connectivity index (χ3v) is 2.12. The number of aliphatic carboxylic acids is 1. The van der Waals surface area contributed by atoms with E-state index in [-0.39, 0.29) is 24.5 Å². The average Bonchev–Trinajstić information content (AvgIpc) is 2.26. The molecule has 0 aliphatic heterocycles. The van der Waals surface area contributed by atoms with Crippen molar-refractivity contribution in [2.45, 2.75) is 19.8 Å². The number of carbonyl (C=O) groups excluding carboxylic acids is 2. The van der Waals surface area contributed by atoms with Crippen LogP contribution >= 0.6 is 0 Å². The number of amides is 1. The molecule has 0 heterocycles. The maximum absolute atomic E-state index is 11.3. The number of hydrogen-bond donors (Lipinski definition) is 2. The highest BCUT2D eigenvalue weighted by Crippen LogP contribution is 2.11. The van der Waals surface area contributed by atoms with Gasteiger partial charge < -0.3 is 10.4 Å². The minimum atomic E-state index is -1.02. The van der Waals surface area contributed by atoms with Crippen molar-refractivity contribution in [1.82, 2.24) is 0 Å². The van der Waals surface area contributed by atoms with Crippen LogP contribution in [0.15, 0.2) is 24.3 Å². The van der Waals surface area contributed by atoms with Gasteiger partial charge in [0.25, 0.3) is 0 Å². The fourth-order valence-electron chi connectivity index (χ4n) is 1.26. The van der Waals surface area contributed by atoms with Gasteiger partial charge in [0.1, 0.15) is 0 Å². The predicted octanol–water partition coefficient (Wildman–Crippen LogP) is 1.69. The van der Waals surface area contributed by atoms with Crippen molar-refractivity contribution in [3.8, 4) is 0 Å². The number of hydrogen-bond acceptors (Lipinski definition) is 3. The van der Waals surface area contributed by atoms with Crippen LogP contribution < -0.4 is 5.32 Å². The van der Waals surface area contributed by atoms with Crippen molar-refractivity contribution >= 4 is 23.3 Å². The van der Waals surface area contributed by atoms with Crippen LogP contribution in [0.2, 0.25) is 0 Å². The summed E-state index contributed by atoms with van der Waals surface area (Å²) in [7, 11) is 0. The van der Waals surface area contributed by atoms with Crippen LogP contribution in [0.1, 0.15) is 30.1 Å². The van der Waals surface area contributed by atoms with Gasteiger partial charge in [0.2, 0.25) is 5.91 Å². The molecule has 1 aromatic rings. The number of carbonyl (C=O) groups is 3. The monoisotopic (exact) mass is 235 g/mol. The number of nitrogens with one attached hydrogen (secondary N) is 1. The zero-order chi connectivity index (χ0) is 12.8. The second kappa shape index (κ2) is 5.79. The van der Waals surface area contributed by atoms with Crippen molar-refractivity contribution < 1.29 is 19.5 Å². The van der Waals surface area contributed by atoms with Crippen LogP contribution in [0.3, 0.4) is 0 Å². The predicted molar refractivity (Wildman–Crippen MR) is 61.9 cm³/mol. The van der Waals surface area contributed by atoms with Crippen molar-refractivity contribution in [1.29, 1.82) is 0 Å². The SMILES string of the molecule is CC(=O)c1cccc(NC(=O)CCC(=O)O)c1. The fraction of sp³-hybridized carbons (Fsp3) is 0.250. The minimum Gasteiger partial charge on any atom is -0.481 e. The molecule has 0 fully saturated rings. The number of benzene rings is 1. The molecule has 5 heteroatoms. The van der Waals surface area contributed by atoms with Crippen molar-refractivity contribution in [3.63, 3.8) is 0 Å². The molecular formula is C12H13NO4. The zero-order valence-electron chi connectivity index (χ0n) is 9.40. The summed E-state index contributed by atoms with van der Waals surface area (Å²) in [4.78, 5) is 32.7. The van der Waals surface area contributed by atoms with E-state index in [1.54, 1.807) is 24.3 Å². The molecule has 0 unspecified atom stereocenters. The maximum Gasteiger partial charge on any atom is 0.303 e. The summed E-state index contributed by atoms with van der Waals surface area (Å²) in [6.07, 6.45) is -0.294. The lowest BCUT2D eigenvalue weighted by Gasteiger charge is -2.05. The first-order valence-corrected chi connectivity index (χ1v) is 5.11. The molecule has 0 spiro atoms. The van der Waals surface area contributed by atoms with Gasteiger partial charge in [0, 0.05) is 17.7 Å². The highest BCUT2D eigenvalue weighted by atomic mass is 16.4. The van der Waals surface area contributed by atoms with Crippen molar-refractivity contribution in [3.05, 3.63) is 29.8 Å². The number of carboxylic acids is 1. The summed E-state index contributed by atoms with van der Waals surface area (Å²) in [5.74, 6) is -1.49. The normalized spacial score (nSPS) is 9.71. The van der Waals surface area contributed by atoms with Crippen LogP contribution in [0, 0.1) is 0 Å². The Morgan fingerprint density at radius 2 is 1.94 bits per heavy atom. The van der Waals surface area contributed by atoms with Crippen molar-refractivity contribution in [2.75, 3.05) is 5.32 Å². The van der Waals surface area contributed by atoms with E-state index < -0.39 is 5.97 Å². The van der Waals surface area contributed by atoms with Gasteiger partial charge in [-0.2, -0.15) is 0 Å². The van der Waals surface area contributed by atoms with Crippen molar-refractivity contribution in [2.24, 2.45) is 0 Å². The van der Waals surface area contributed by atoms with E-state index in [1.807, 2.05) is 0 Å². The molecule has 1 aromatic carbocycles. The maximum atomic E-state index is 11.3. The van der Waals surface area contributed by atoms with E-state index in [0.717, 1.165) is 0 Å². The second-order valence-electron chi connectivity index (χ2n) is 3.58. The lowest BCUT2D eigenvalue weighted by Crippen LogP contribution is -2.13. The topological polar surface area (TPSA) is 83.5 Å². The van der Waals surface area contributed by atoms with Gasteiger partial charge in [-0.25, -0.2) is 0 Å². The van der Waals surface area contributed by atoms with E-state index >= 15 is 0 Å². The Labute approximate surface area is 98.4 Å². The highest BCUT2D eigenvalue weighted by molar-refractivity contribution is 5.97. The van der Waals surface area contributed by atoms with Crippen LogP contribution in [-0.2, 0) is 9.59 Å². The summed E-state index contributed by atoms with van der Waals surface area (Å²) in [6.45, 7) is 1.44. The number of Topliss-reactive ketones (excluding diaryl/α,β-unsaturated/α-hetero) is 1. The molecule has 2 N–H and O–H groups in total. The Kier molecular flexibility index (Phi) is 4.39. The summed E-state index contributed by atoms with van der Waals surface area (Å²) in [5.41, 5.74) is 0.995. The third kappa shape index (κ3) is 4.46. The first-order chi connectivity index (χ1) is 7.99. The van der Waals surface area contributed by atoms with Gasteiger partial charge in [-0.1, -0.05) is 12.1 Å². The second-order valence-corrected chi connectivity index (χ2v) is 3.58. The number of ketones is 1. The van der Waals surface area contributed by atoms with Gasteiger partial charge in [-0.05, 0) is 19.1 Å². The van der Waals surface area contributed by atoms with E-state index in [0.29, 0.717) is 11.3 Å². The summed E-state index contributed by atoms with van der Waals surface area (Å²) in [6, 6.07) is 6.50. The molecule has 0 saturated heterocycles. The summed E-state index contributed by atoms with van der Waals surface area (Å²) in [5, 5.41) is 11.0. The van der Waals surface area contributed by atoms with Crippen LogP contribution in [-0.4, -0.2) is 22.8 Å². The molecule has 0 saturated carbocycles. The van der Waals surface area contributed by atoms with Gasteiger partial charge >= 0.3 is 5.97 Å². The van der Waals surface area contributed by atoms with E-state index in [9.17, 15) is 14.4 Å². The fourth-order valence-corrected chi connectivity index (χ4v) is 1.26.